The van der Waals surface area contributed by atoms with Gasteiger partial charge in [-0.3, -0.25) is 9.11 Å². The van der Waals surface area contributed by atoms with Crippen LogP contribution in [0.15, 0.2) is 18.2 Å². The van der Waals surface area contributed by atoms with Crippen molar-refractivity contribution in [2.45, 2.75) is 77.3 Å². The third-order valence-corrected chi connectivity index (χ3v) is 7.28. The molecule has 1 aliphatic carbocycles. The molecule has 40 heavy (non-hydrogen) atoms. The van der Waals surface area contributed by atoms with Crippen LogP contribution in [-0.2, 0) is 26.8 Å². The molecule has 2 aromatic rings. The van der Waals surface area contributed by atoms with Crippen LogP contribution >= 0.6 is 0 Å². The zero-order chi connectivity index (χ0) is 29.9. The normalized spacial score (nSPS) is 16.9. The predicted octanol–water partition coefficient (Wildman–Crippen LogP) is 4.33. The number of ether oxygens (including phenoxy) is 1. The molecule has 0 saturated heterocycles. The zero-order valence-electron chi connectivity index (χ0n) is 24.6. The summed E-state index contributed by atoms with van der Waals surface area (Å²) in [7, 11) is -3.24. The topological polar surface area (TPSA) is 142 Å². The highest BCUT2D eigenvalue weighted by Gasteiger charge is 2.24. The lowest BCUT2D eigenvalue weighted by Crippen LogP contribution is -2.40. The molecule has 1 fully saturated rings. The van der Waals surface area contributed by atoms with Gasteiger partial charge in [0.2, 0.25) is 5.95 Å². The van der Waals surface area contributed by atoms with Crippen LogP contribution in [0, 0.1) is 5.92 Å². The number of aryl methyl sites for hydroxylation is 1. The lowest BCUT2D eigenvalue weighted by Gasteiger charge is -2.35. The summed E-state index contributed by atoms with van der Waals surface area (Å²) < 4.78 is 59.5. The van der Waals surface area contributed by atoms with Gasteiger partial charge in [0.25, 0.3) is 20.2 Å². The summed E-state index contributed by atoms with van der Waals surface area (Å²) in [6, 6.07) is 6.95. The highest BCUT2D eigenvalue weighted by molar-refractivity contribution is 7.85. The first-order valence-electron chi connectivity index (χ1n) is 14.0. The van der Waals surface area contributed by atoms with Gasteiger partial charge < -0.3 is 19.1 Å². The van der Waals surface area contributed by atoms with E-state index in [9.17, 15) is 16.8 Å². The van der Waals surface area contributed by atoms with Crippen molar-refractivity contribution in [3.8, 4) is 5.75 Å². The fourth-order valence-electron chi connectivity index (χ4n) is 5.57. The summed E-state index contributed by atoms with van der Waals surface area (Å²) in [6.45, 7) is 6.89. The molecule has 1 saturated carbocycles. The predicted molar refractivity (Wildman–Crippen MR) is 161 cm³/mol. The van der Waals surface area contributed by atoms with Crippen LogP contribution in [0.25, 0.3) is 11.0 Å². The molecule has 2 heterocycles. The summed E-state index contributed by atoms with van der Waals surface area (Å²) in [5, 5.41) is 0. The SMILES string of the molecule is CCCC(CCN1CCCn2c1nc1cc(OC)ccc12)N(C)CC1CCCCC1.CS(=O)(=O)O.CS(=O)(=O)O. The molecule has 2 aliphatic rings. The monoisotopic (exact) mass is 604 g/mol. The summed E-state index contributed by atoms with van der Waals surface area (Å²) in [5.74, 6) is 2.95. The molecule has 13 heteroatoms. The standard InChI is InChI=1S/C25H40N4O.2CH4O3S/c1-4-9-21(27(2)19-20-10-6-5-7-11-20)14-17-28-15-8-16-29-24-13-12-22(30-3)18-23(24)26-25(28)29;2*1-5(2,3)4/h12-13,18,20-21H,4-11,14-17,19H2,1-3H3;2*1H3,(H,2,3,4). The van der Waals surface area contributed by atoms with Gasteiger partial charge in [-0.1, -0.05) is 32.6 Å². The molecular weight excluding hydrogens is 556 g/mol. The minimum Gasteiger partial charge on any atom is -0.497 e. The number of aromatic nitrogens is 2. The van der Waals surface area contributed by atoms with E-state index in [0.29, 0.717) is 18.6 Å². The van der Waals surface area contributed by atoms with Crippen molar-refractivity contribution in [1.29, 1.82) is 0 Å². The molecule has 0 radical (unpaired) electrons. The molecule has 1 aromatic carbocycles. The number of benzene rings is 1. The molecule has 1 aromatic heterocycles. The van der Waals surface area contributed by atoms with E-state index in [2.05, 4.69) is 40.5 Å². The maximum Gasteiger partial charge on any atom is 0.261 e. The second-order valence-electron chi connectivity index (χ2n) is 10.9. The van der Waals surface area contributed by atoms with Gasteiger partial charge in [0, 0.05) is 38.3 Å². The Labute approximate surface area is 240 Å². The smallest absolute Gasteiger partial charge is 0.261 e. The Hall–Kier alpha value is -1.93. The molecule has 0 bridgehead atoms. The highest BCUT2D eigenvalue weighted by atomic mass is 32.2. The van der Waals surface area contributed by atoms with E-state index in [0.717, 1.165) is 42.8 Å². The van der Waals surface area contributed by atoms with Gasteiger partial charge in [0.15, 0.2) is 0 Å². The minimum absolute atomic E-state index is 0.678. The second-order valence-corrected chi connectivity index (χ2v) is 13.8. The molecule has 230 valence electrons. The molecule has 11 nitrogen and oxygen atoms in total. The van der Waals surface area contributed by atoms with Crippen molar-refractivity contribution in [3.05, 3.63) is 18.2 Å². The molecule has 2 N–H and O–H groups in total. The van der Waals surface area contributed by atoms with E-state index in [-0.39, 0.29) is 0 Å². The maximum absolute atomic E-state index is 9.19. The zero-order valence-corrected chi connectivity index (χ0v) is 26.3. The first-order chi connectivity index (χ1) is 18.7. The lowest BCUT2D eigenvalue weighted by atomic mass is 9.88. The second kappa shape index (κ2) is 15.9. The Balaban J connectivity index is 0.000000482. The van der Waals surface area contributed by atoms with Gasteiger partial charge in [-0.25, -0.2) is 4.98 Å². The summed E-state index contributed by atoms with van der Waals surface area (Å²) in [4.78, 5) is 10.2. The van der Waals surface area contributed by atoms with Gasteiger partial charge in [-0.05, 0) is 57.2 Å². The van der Waals surface area contributed by atoms with Crippen molar-refractivity contribution in [2.24, 2.45) is 5.92 Å². The van der Waals surface area contributed by atoms with Gasteiger partial charge in [0.05, 0.1) is 30.7 Å². The number of hydrogen-bond donors (Lipinski definition) is 2. The highest BCUT2D eigenvalue weighted by Crippen LogP contribution is 2.30. The van der Waals surface area contributed by atoms with Gasteiger partial charge in [0.1, 0.15) is 5.75 Å². The Morgan fingerprint density at radius 3 is 2.23 bits per heavy atom. The Kier molecular flexibility index (Phi) is 13.6. The molecule has 1 unspecified atom stereocenters. The van der Waals surface area contributed by atoms with Gasteiger partial charge in [-0.15, -0.1) is 0 Å². The van der Waals surface area contributed by atoms with E-state index >= 15 is 0 Å². The lowest BCUT2D eigenvalue weighted by molar-refractivity contribution is 0.167. The summed E-state index contributed by atoms with van der Waals surface area (Å²) >= 11 is 0. The average molecular weight is 605 g/mol. The molecule has 0 spiro atoms. The number of imidazole rings is 1. The molecular formula is C27H48N4O7S2. The van der Waals surface area contributed by atoms with Crippen LogP contribution in [0.1, 0.15) is 64.7 Å². The quantitative estimate of drug-likeness (QED) is 0.397. The summed E-state index contributed by atoms with van der Waals surface area (Å²) in [5.41, 5.74) is 2.28. The Bertz CT molecular complexity index is 1210. The summed E-state index contributed by atoms with van der Waals surface area (Å²) in [6.07, 6.45) is 13.6. The Morgan fingerprint density at radius 1 is 1.02 bits per heavy atom. The van der Waals surface area contributed by atoms with Crippen LogP contribution in [0.5, 0.6) is 5.75 Å². The number of nitrogens with zero attached hydrogens (tertiary/aromatic N) is 4. The van der Waals surface area contributed by atoms with Crippen molar-refractivity contribution >= 4 is 37.2 Å². The molecule has 4 rings (SSSR count). The van der Waals surface area contributed by atoms with E-state index < -0.39 is 20.2 Å². The maximum atomic E-state index is 9.19. The molecule has 0 amide bonds. The fourth-order valence-corrected chi connectivity index (χ4v) is 5.57. The minimum atomic E-state index is -3.67. The van der Waals surface area contributed by atoms with E-state index in [4.69, 9.17) is 18.8 Å². The van der Waals surface area contributed by atoms with E-state index in [1.54, 1.807) is 7.11 Å². The average Bonchev–Trinajstić information content (AvgIpc) is 3.23. The van der Waals surface area contributed by atoms with Crippen LogP contribution in [-0.4, -0.2) is 92.7 Å². The van der Waals surface area contributed by atoms with Crippen LogP contribution < -0.4 is 9.64 Å². The van der Waals surface area contributed by atoms with E-state index in [1.807, 2.05) is 6.07 Å². The number of methoxy groups -OCH3 is 1. The van der Waals surface area contributed by atoms with Crippen LogP contribution in [0.4, 0.5) is 5.95 Å². The third kappa shape index (κ3) is 12.7. The first-order valence-corrected chi connectivity index (χ1v) is 17.7. The van der Waals surface area contributed by atoms with Crippen molar-refractivity contribution < 1.29 is 30.7 Å². The number of hydrogen-bond acceptors (Lipinski definition) is 8. The van der Waals surface area contributed by atoms with Crippen LogP contribution in [0.2, 0.25) is 0 Å². The largest absolute Gasteiger partial charge is 0.497 e. The number of fused-ring (bicyclic) bond motifs is 3. The number of anilines is 1. The van der Waals surface area contributed by atoms with Gasteiger partial charge >= 0.3 is 0 Å². The van der Waals surface area contributed by atoms with Crippen LogP contribution in [0.3, 0.4) is 0 Å². The Morgan fingerprint density at radius 2 is 1.65 bits per heavy atom. The molecule has 1 aliphatic heterocycles. The molecule has 1 atom stereocenters. The fraction of sp³-hybridized carbons (Fsp3) is 0.741. The third-order valence-electron chi connectivity index (χ3n) is 7.28. The van der Waals surface area contributed by atoms with Crippen molar-refractivity contribution in [3.63, 3.8) is 0 Å². The number of rotatable bonds is 9. The van der Waals surface area contributed by atoms with Crippen molar-refractivity contribution in [2.75, 3.05) is 51.2 Å². The van der Waals surface area contributed by atoms with Gasteiger partial charge in [-0.2, -0.15) is 16.8 Å². The van der Waals surface area contributed by atoms with E-state index in [1.165, 1.54) is 69.8 Å². The first kappa shape index (κ1) is 34.3. The van der Waals surface area contributed by atoms with Crippen molar-refractivity contribution in [1.82, 2.24) is 14.5 Å².